The Labute approximate surface area is 269 Å². The third-order valence-corrected chi connectivity index (χ3v) is 8.82. The van der Waals surface area contributed by atoms with Crippen LogP contribution in [0.2, 0.25) is 0 Å². The van der Waals surface area contributed by atoms with Gasteiger partial charge in [0.05, 0.1) is 12.3 Å². The zero-order valence-corrected chi connectivity index (χ0v) is 27.0. The quantitative estimate of drug-likeness (QED) is 0.0831. The monoisotopic (exact) mass is 651 g/mol. The lowest BCUT2D eigenvalue weighted by Crippen LogP contribution is -2.09. The van der Waals surface area contributed by atoms with Crippen molar-refractivity contribution in [2.45, 2.75) is 19.2 Å². The van der Waals surface area contributed by atoms with Gasteiger partial charge in [-0.15, -0.1) is 0 Å². The Morgan fingerprint density at radius 2 is 0.717 bits per heavy atom. The topological polar surface area (TPSA) is 118 Å². The molecule has 0 aliphatic carbocycles. The molecule has 46 heavy (non-hydrogen) atoms. The Kier molecular flexibility index (Phi) is 10.4. The number of benzene rings is 5. The van der Waals surface area contributed by atoms with Gasteiger partial charge in [0.25, 0.3) is 0 Å². The van der Waals surface area contributed by atoms with E-state index in [0.717, 1.165) is 39.3 Å². The minimum Gasteiger partial charge on any atom is -0.324 e. The van der Waals surface area contributed by atoms with Crippen LogP contribution in [-0.2, 0) is 21.5 Å². The van der Waals surface area contributed by atoms with Crippen molar-refractivity contribution in [3.8, 4) is 0 Å². The van der Waals surface area contributed by atoms with Crippen molar-refractivity contribution in [1.29, 1.82) is 0 Å². The summed E-state index contributed by atoms with van der Waals surface area (Å²) in [6, 6.07) is 39.2. The fourth-order valence-corrected chi connectivity index (χ4v) is 6.31. The van der Waals surface area contributed by atoms with Crippen LogP contribution >= 0.6 is 15.2 Å². The van der Waals surface area contributed by atoms with E-state index in [-0.39, 0.29) is 12.3 Å². The van der Waals surface area contributed by atoms with Crippen LogP contribution in [0.4, 0.5) is 17.1 Å². The normalized spacial score (nSPS) is 12.2. The summed E-state index contributed by atoms with van der Waals surface area (Å²) in [6.07, 6.45) is 7.41. The lowest BCUT2D eigenvalue weighted by molar-refractivity contribution is 0.369. The zero-order chi connectivity index (χ0) is 32.7. The Morgan fingerprint density at radius 1 is 0.457 bits per heavy atom. The standard InChI is InChI=1S/C37H35NO6P2/c1-28-2-20-35(21-3-28)38(36-22-16-31(17-23-36)6-4-29-8-12-33(13-9-29)26-45(39,40)41)37-24-18-32(19-25-37)7-5-30-10-14-34(15-11-30)27-46(42,43)44/h2-25H,26-27H2,1H3,(H2,39,40,41)(H2,42,43,44)/b6-4+,7-5+. The molecule has 0 atom stereocenters. The average molecular weight is 652 g/mol. The van der Waals surface area contributed by atoms with E-state index in [1.165, 1.54) is 5.56 Å². The highest BCUT2D eigenvalue weighted by Crippen LogP contribution is 2.40. The number of hydrogen-bond acceptors (Lipinski definition) is 3. The smallest absolute Gasteiger partial charge is 0.324 e. The lowest BCUT2D eigenvalue weighted by Gasteiger charge is -2.26. The van der Waals surface area contributed by atoms with Crippen LogP contribution in [0.5, 0.6) is 0 Å². The van der Waals surface area contributed by atoms with E-state index in [4.69, 9.17) is 0 Å². The fourth-order valence-electron chi connectivity index (χ4n) is 4.94. The molecule has 0 saturated heterocycles. The molecule has 0 aliphatic heterocycles. The van der Waals surface area contributed by atoms with Gasteiger partial charge in [0.1, 0.15) is 0 Å². The van der Waals surface area contributed by atoms with E-state index in [0.29, 0.717) is 11.1 Å². The van der Waals surface area contributed by atoms with E-state index in [1.54, 1.807) is 24.3 Å². The molecule has 0 heterocycles. The second-order valence-corrected chi connectivity index (χ2v) is 14.4. The van der Waals surface area contributed by atoms with E-state index < -0.39 is 15.2 Å². The number of hydrogen-bond donors (Lipinski definition) is 4. The van der Waals surface area contributed by atoms with Crippen LogP contribution in [0.15, 0.2) is 121 Å². The molecule has 0 radical (unpaired) electrons. The summed E-state index contributed by atoms with van der Waals surface area (Å²) >= 11 is 0. The Bertz CT molecular complexity index is 1780. The number of aryl methyl sites for hydroxylation is 1. The number of rotatable bonds is 11. The van der Waals surface area contributed by atoms with Crippen molar-refractivity contribution in [2.24, 2.45) is 0 Å². The summed E-state index contributed by atoms with van der Waals surface area (Å²) in [7, 11) is -8.19. The molecule has 0 aliphatic rings. The Morgan fingerprint density at radius 3 is 1.00 bits per heavy atom. The first-order valence-electron chi connectivity index (χ1n) is 14.6. The molecular formula is C37H35NO6P2. The van der Waals surface area contributed by atoms with Crippen molar-refractivity contribution in [3.63, 3.8) is 0 Å². The third kappa shape index (κ3) is 9.84. The molecule has 4 N–H and O–H groups in total. The van der Waals surface area contributed by atoms with Gasteiger partial charge in [-0.25, -0.2) is 0 Å². The van der Waals surface area contributed by atoms with Crippen molar-refractivity contribution in [2.75, 3.05) is 4.90 Å². The molecule has 0 amide bonds. The van der Waals surface area contributed by atoms with Crippen LogP contribution in [0.25, 0.3) is 24.3 Å². The maximum Gasteiger partial charge on any atom is 0.329 e. The van der Waals surface area contributed by atoms with Gasteiger partial charge in [0.15, 0.2) is 0 Å². The molecule has 7 nitrogen and oxygen atoms in total. The molecule has 5 aromatic carbocycles. The van der Waals surface area contributed by atoms with Crippen LogP contribution < -0.4 is 4.90 Å². The Balaban J connectivity index is 1.32. The van der Waals surface area contributed by atoms with Crippen LogP contribution in [0.3, 0.4) is 0 Å². The lowest BCUT2D eigenvalue weighted by atomic mass is 10.1. The SMILES string of the molecule is Cc1ccc(N(c2ccc(/C=C/c3ccc(CP(=O)(O)O)cc3)cc2)c2ccc(/C=C/c3ccc(CP(=O)(O)O)cc3)cc2)cc1. The largest absolute Gasteiger partial charge is 0.329 e. The molecule has 0 aromatic heterocycles. The van der Waals surface area contributed by atoms with Gasteiger partial charge in [-0.3, -0.25) is 9.13 Å². The highest BCUT2D eigenvalue weighted by Gasteiger charge is 2.15. The fraction of sp³-hybridized carbons (Fsp3) is 0.0811. The Hall–Kier alpha value is -4.32. The van der Waals surface area contributed by atoms with Crippen molar-refractivity contribution in [1.82, 2.24) is 0 Å². The van der Waals surface area contributed by atoms with Crippen molar-refractivity contribution in [3.05, 3.63) is 160 Å². The van der Waals surface area contributed by atoms with Gasteiger partial charge >= 0.3 is 15.2 Å². The predicted octanol–water partition coefficient (Wildman–Crippen LogP) is 9.16. The molecule has 0 saturated carbocycles. The van der Waals surface area contributed by atoms with Gasteiger partial charge in [-0.2, -0.15) is 0 Å². The van der Waals surface area contributed by atoms with Gasteiger partial charge in [-0.1, -0.05) is 115 Å². The number of anilines is 3. The second-order valence-electron chi connectivity index (χ2n) is 11.1. The van der Waals surface area contributed by atoms with E-state index in [1.807, 2.05) is 48.6 Å². The van der Waals surface area contributed by atoms with Gasteiger partial charge in [0, 0.05) is 17.1 Å². The minimum atomic E-state index is -4.09. The maximum atomic E-state index is 11.3. The van der Waals surface area contributed by atoms with Gasteiger partial charge in [-0.05, 0) is 76.7 Å². The van der Waals surface area contributed by atoms with Crippen molar-refractivity contribution >= 4 is 56.6 Å². The number of nitrogens with zero attached hydrogens (tertiary/aromatic N) is 1. The van der Waals surface area contributed by atoms with Crippen LogP contribution in [-0.4, -0.2) is 19.6 Å². The maximum absolute atomic E-state index is 11.3. The van der Waals surface area contributed by atoms with Gasteiger partial charge in [0.2, 0.25) is 0 Å². The molecule has 5 rings (SSSR count). The molecule has 0 spiro atoms. The zero-order valence-electron chi connectivity index (χ0n) is 25.2. The molecular weight excluding hydrogens is 616 g/mol. The van der Waals surface area contributed by atoms with Gasteiger partial charge < -0.3 is 24.5 Å². The second kappa shape index (κ2) is 14.4. The summed E-state index contributed by atoms with van der Waals surface area (Å²) in [5.41, 5.74) is 9.31. The summed E-state index contributed by atoms with van der Waals surface area (Å²) in [5.74, 6) is 0. The highest BCUT2D eigenvalue weighted by molar-refractivity contribution is 7.51. The average Bonchev–Trinajstić information content (AvgIpc) is 3.01. The summed E-state index contributed by atoms with van der Waals surface area (Å²) in [4.78, 5) is 39.0. The first kappa shape index (κ1) is 33.1. The van der Waals surface area contributed by atoms with E-state index in [2.05, 4.69) is 84.6 Å². The molecule has 234 valence electrons. The summed E-state index contributed by atoms with van der Waals surface area (Å²) < 4.78 is 22.5. The summed E-state index contributed by atoms with van der Waals surface area (Å²) in [6.45, 7) is 2.06. The minimum absolute atomic E-state index is 0.268. The third-order valence-electron chi connectivity index (χ3n) is 7.27. The molecule has 5 aromatic rings. The first-order valence-corrected chi connectivity index (χ1v) is 18.2. The molecule has 0 bridgehead atoms. The van der Waals surface area contributed by atoms with E-state index in [9.17, 15) is 28.7 Å². The summed E-state index contributed by atoms with van der Waals surface area (Å²) in [5, 5.41) is 0. The molecule has 0 fully saturated rings. The van der Waals surface area contributed by atoms with Crippen LogP contribution in [0, 0.1) is 6.92 Å². The first-order chi connectivity index (χ1) is 21.9. The molecule has 0 unspecified atom stereocenters. The van der Waals surface area contributed by atoms with E-state index >= 15 is 0 Å². The predicted molar refractivity (Wildman–Crippen MR) is 188 cm³/mol. The highest BCUT2D eigenvalue weighted by atomic mass is 31.2. The van der Waals surface area contributed by atoms with Crippen molar-refractivity contribution < 1.29 is 28.7 Å². The van der Waals surface area contributed by atoms with Crippen LogP contribution in [0.1, 0.15) is 38.9 Å². The molecule has 9 heteroatoms.